The Kier molecular flexibility index (Phi) is 3.69. The second-order valence-electron chi connectivity index (χ2n) is 4.77. The van der Waals surface area contributed by atoms with Crippen molar-refractivity contribution in [1.29, 1.82) is 0 Å². The summed E-state index contributed by atoms with van der Waals surface area (Å²) in [4.78, 5) is 5.93. The minimum Gasteiger partial charge on any atom is -0.318 e. The van der Waals surface area contributed by atoms with Crippen LogP contribution in [0.25, 0.3) is 0 Å². The lowest BCUT2D eigenvalue weighted by molar-refractivity contribution is 0.597. The molecule has 1 aliphatic carbocycles. The second-order valence-corrected chi connectivity index (χ2v) is 6.80. The Morgan fingerprint density at radius 1 is 1.32 bits per heavy atom. The van der Waals surface area contributed by atoms with Gasteiger partial charge < -0.3 is 5.73 Å². The van der Waals surface area contributed by atoms with E-state index in [1.165, 1.54) is 29.5 Å². The summed E-state index contributed by atoms with van der Waals surface area (Å²) in [7, 11) is 0. The third-order valence-corrected chi connectivity index (χ3v) is 5.16. The van der Waals surface area contributed by atoms with Gasteiger partial charge in [0, 0.05) is 14.9 Å². The quantitative estimate of drug-likeness (QED) is 0.898. The number of nitrogens with two attached hydrogens (primary N) is 1. The van der Waals surface area contributed by atoms with Crippen LogP contribution in [0.5, 0.6) is 0 Å². The van der Waals surface area contributed by atoms with Gasteiger partial charge in [-0.15, -0.1) is 11.3 Å². The van der Waals surface area contributed by atoms with Gasteiger partial charge in [-0.1, -0.05) is 22.0 Å². The van der Waals surface area contributed by atoms with Crippen molar-refractivity contribution >= 4 is 27.3 Å². The fraction of sp³-hybridized carbons (Fsp3) is 0.357. The zero-order valence-corrected chi connectivity index (χ0v) is 12.7. The molecule has 100 valence electrons. The van der Waals surface area contributed by atoms with Gasteiger partial charge in [0.25, 0.3) is 0 Å². The molecular weight excluding hydrogens is 327 g/mol. The van der Waals surface area contributed by atoms with Gasteiger partial charge in [0.1, 0.15) is 10.8 Å². The van der Waals surface area contributed by atoms with Crippen molar-refractivity contribution in [2.24, 2.45) is 5.73 Å². The Hall–Kier alpha value is -0.780. The third-order valence-electron chi connectivity index (χ3n) is 3.43. The molecule has 1 aromatic carbocycles. The molecule has 2 N–H and O–H groups in total. The number of nitrogens with zero attached hydrogens (tertiary/aromatic N) is 1. The molecule has 1 aliphatic rings. The van der Waals surface area contributed by atoms with Crippen LogP contribution < -0.4 is 5.73 Å². The summed E-state index contributed by atoms with van der Waals surface area (Å²) in [5.74, 6) is -0.282. The van der Waals surface area contributed by atoms with Gasteiger partial charge in [0.2, 0.25) is 0 Å². The number of aryl methyl sites for hydroxylation is 2. The number of hydrogen-bond acceptors (Lipinski definition) is 3. The van der Waals surface area contributed by atoms with E-state index in [4.69, 9.17) is 5.73 Å². The number of benzene rings is 1. The van der Waals surface area contributed by atoms with E-state index in [2.05, 4.69) is 20.9 Å². The molecule has 5 heteroatoms. The molecule has 3 rings (SSSR count). The largest absolute Gasteiger partial charge is 0.318 e. The molecule has 2 nitrogen and oxygen atoms in total. The molecule has 1 aromatic heterocycles. The molecule has 0 bridgehead atoms. The van der Waals surface area contributed by atoms with Crippen LogP contribution >= 0.6 is 27.3 Å². The van der Waals surface area contributed by atoms with Crippen LogP contribution in [0.4, 0.5) is 4.39 Å². The summed E-state index contributed by atoms with van der Waals surface area (Å²) in [5, 5.41) is 0.827. The molecule has 19 heavy (non-hydrogen) atoms. The average molecular weight is 341 g/mol. The molecule has 1 atom stereocenters. The molecule has 0 amide bonds. The zero-order chi connectivity index (χ0) is 13.4. The van der Waals surface area contributed by atoms with Crippen molar-refractivity contribution in [1.82, 2.24) is 4.98 Å². The lowest BCUT2D eigenvalue weighted by atomic mass is 10.0. The van der Waals surface area contributed by atoms with Crippen LogP contribution in [-0.2, 0) is 12.8 Å². The minimum atomic E-state index is -0.469. The lowest BCUT2D eigenvalue weighted by Crippen LogP contribution is -2.13. The van der Waals surface area contributed by atoms with Gasteiger partial charge in [-0.05, 0) is 37.8 Å². The summed E-state index contributed by atoms with van der Waals surface area (Å²) >= 11 is 4.89. The molecule has 1 heterocycles. The molecule has 0 aliphatic heterocycles. The molecule has 2 aromatic rings. The smallest absolute Gasteiger partial charge is 0.129 e. The zero-order valence-electron chi connectivity index (χ0n) is 10.3. The SMILES string of the molecule is NC(c1nc2c(s1)CCCC2)c1ccc(Br)cc1F. The molecule has 1 unspecified atom stereocenters. The highest BCUT2D eigenvalue weighted by atomic mass is 79.9. The maximum Gasteiger partial charge on any atom is 0.129 e. The Morgan fingerprint density at radius 2 is 2.11 bits per heavy atom. The molecule has 0 radical (unpaired) electrons. The van der Waals surface area contributed by atoms with Crippen molar-refractivity contribution < 1.29 is 4.39 Å². The Bertz CT molecular complexity index is 588. The van der Waals surface area contributed by atoms with Crippen molar-refractivity contribution in [3.8, 4) is 0 Å². The molecule has 0 saturated heterocycles. The monoisotopic (exact) mass is 340 g/mol. The first-order chi connectivity index (χ1) is 9.15. The highest BCUT2D eigenvalue weighted by Gasteiger charge is 2.21. The van der Waals surface area contributed by atoms with Crippen LogP contribution in [0, 0.1) is 5.82 Å². The van der Waals surface area contributed by atoms with Gasteiger partial charge in [-0.25, -0.2) is 9.37 Å². The van der Waals surface area contributed by atoms with Gasteiger partial charge in [0.15, 0.2) is 0 Å². The first-order valence-electron chi connectivity index (χ1n) is 6.34. The maximum atomic E-state index is 13.9. The Morgan fingerprint density at radius 3 is 2.84 bits per heavy atom. The number of thiazole rings is 1. The van der Waals surface area contributed by atoms with E-state index in [-0.39, 0.29) is 5.82 Å². The van der Waals surface area contributed by atoms with E-state index in [1.54, 1.807) is 17.4 Å². The number of fused-ring (bicyclic) bond motifs is 1. The van der Waals surface area contributed by atoms with Crippen LogP contribution in [0.2, 0.25) is 0 Å². The Labute approximate surface area is 124 Å². The first kappa shape index (κ1) is 13.2. The molecular formula is C14H14BrFN2S. The number of halogens is 2. The van der Waals surface area contributed by atoms with Crippen molar-refractivity contribution in [3.05, 3.63) is 49.6 Å². The van der Waals surface area contributed by atoms with Crippen molar-refractivity contribution in [3.63, 3.8) is 0 Å². The normalized spacial score (nSPS) is 16.2. The van der Waals surface area contributed by atoms with Gasteiger partial charge >= 0.3 is 0 Å². The first-order valence-corrected chi connectivity index (χ1v) is 7.95. The Balaban J connectivity index is 1.94. The van der Waals surface area contributed by atoms with Gasteiger partial charge in [-0.2, -0.15) is 0 Å². The van der Waals surface area contributed by atoms with Crippen LogP contribution in [0.15, 0.2) is 22.7 Å². The van der Waals surface area contributed by atoms with E-state index in [1.807, 2.05) is 6.07 Å². The lowest BCUT2D eigenvalue weighted by Gasteiger charge is -2.10. The highest BCUT2D eigenvalue weighted by Crippen LogP contribution is 2.32. The van der Waals surface area contributed by atoms with Crippen LogP contribution in [0.1, 0.15) is 40.0 Å². The predicted octanol–water partition coefficient (Wildman–Crippen LogP) is 3.97. The van der Waals surface area contributed by atoms with Crippen LogP contribution in [-0.4, -0.2) is 4.98 Å². The van der Waals surface area contributed by atoms with E-state index in [0.717, 1.165) is 22.3 Å². The summed E-state index contributed by atoms with van der Waals surface area (Å²) in [6.07, 6.45) is 4.53. The van der Waals surface area contributed by atoms with Crippen molar-refractivity contribution in [2.45, 2.75) is 31.7 Å². The van der Waals surface area contributed by atoms with Crippen molar-refractivity contribution in [2.75, 3.05) is 0 Å². The fourth-order valence-electron chi connectivity index (χ4n) is 2.39. The summed E-state index contributed by atoms with van der Waals surface area (Å²) in [6.45, 7) is 0. The summed E-state index contributed by atoms with van der Waals surface area (Å²) in [6, 6.07) is 4.52. The topological polar surface area (TPSA) is 38.9 Å². The fourth-order valence-corrected chi connectivity index (χ4v) is 3.90. The number of rotatable bonds is 2. The standard InChI is InChI=1S/C14H14BrFN2S/c15-8-5-6-9(10(16)7-8)13(17)14-18-11-3-1-2-4-12(11)19-14/h5-7,13H,1-4,17H2. The summed E-state index contributed by atoms with van der Waals surface area (Å²) in [5.41, 5.74) is 7.85. The third kappa shape index (κ3) is 2.59. The average Bonchev–Trinajstić information content (AvgIpc) is 2.81. The van der Waals surface area contributed by atoms with Crippen LogP contribution in [0.3, 0.4) is 0 Å². The van der Waals surface area contributed by atoms with E-state index < -0.39 is 6.04 Å². The van der Waals surface area contributed by atoms with E-state index >= 15 is 0 Å². The number of aromatic nitrogens is 1. The highest BCUT2D eigenvalue weighted by molar-refractivity contribution is 9.10. The molecule has 0 fully saturated rings. The van der Waals surface area contributed by atoms with Gasteiger partial charge in [0.05, 0.1) is 11.7 Å². The summed E-state index contributed by atoms with van der Waals surface area (Å²) < 4.78 is 14.7. The molecule has 0 spiro atoms. The second kappa shape index (κ2) is 5.31. The van der Waals surface area contributed by atoms with E-state index in [0.29, 0.717) is 5.56 Å². The predicted molar refractivity (Wildman–Crippen MR) is 78.9 cm³/mol. The molecule has 0 saturated carbocycles. The van der Waals surface area contributed by atoms with Gasteiger partial charge in [-0.3, -0.25) is 0 Å². The maximum absolute atomic E-state index is 13.9. The number of hydrogen-bond donors (Lipinski definition) is 1. The van der Waals surface area contributed by atoms with E-state index in [9.17, 15) is 4.39 Å². The minimum absolute atomic E-state index is 0.282.